The average Bonchev–Trinajstić information content (AvgIpc) is 2.28. The summed E-state index contributed by atoms with van der Waals surface area (Å²) in [6.07, 6.45) is 2.67. The SMILES string of the molecule is CCOC(=O)c1c(C#N)cncc1OC. The van der Waals surface area contributed by atoms with Gasteiger partial charge in [-0.1, -0.05) is 0 Å². The second-order valence-corrected chi connectivity index (χ2v) is 2.60. The van der Waals surface area contributed by atoms with Gasteiger partial charge in [-0.25, -0.2) is 4.79 Å². The molecule has 1 aromatic rings. The van der Waals surface area contributed by atoms with Crippen LogP contribution in [0.2, 0.25) is 0 Å². The molecule has 0 saturated heterocycles. The lowest BCUT2D eigenvalue weighted by molar-refractivity contribution is 0.0522. The fraction of sp³-hybridized carbons (Fsp3) is 0.300. The quantitative estimate of drug-likeness (QED) is 0.693. The number of nitriles is 1. The van der Waals surface area contributed by atoms with Crippen molar-refractivity contribution in [2.75, 3.05) is 13.7 Å². The normalized spacial score (nSPS) is 9.13. The summed E-state index contributed by atoms with van der Waals surface area (Å²) in [5.74, 6) is -0.333. The number of nitrogens with zero attached hydrogens (tertiary/aromatic N) is 2. The number of carbonyl (C=O) groups is 1. The highest BCUT2D eigenvalue weighted by Gasteiger charge is 2.18. The number of aromatic nitrogens is 1. The third kappa shape index (κ3) is 2.23. The van der Waals surface area contributed by atoms with Crippen LogP contribution in [0.25, 0.3) is 0 Å². The molecule has 15 heavy (non-hydrogen) atoms. The highest BCUT2D eigenvalue weighted by Crippen LogP contribution is 2.21. The van der Waals surface area contributed by atoms with Gasteiger partial charge in [0.1, 0.15) is 11.6 Å². The number of hydrogen-bond donors (Lipinski definition) is 0. The Morgan fingerprint density at radius 2 is 2.33 bits per heavy atom. The maximum absolute atomic E-state index is 11.5. The Labute approximate surface area is 87.3 Å². The molecule has 0 N–H and O–H groups in total. The van der Waals surface area contributed by atoms with E-state index < -0.39 is 5.97 Å². The van der Waals surface area contributed by atoms with E-state index in [1.54, 1.807) is 6.92 Å². The Balaban J connectivity index is 3.23. The molecule has 0 fully saturated rings. The number of rotatable bonds is 3. The van der Waals surface area contributed by atoms with E-state index >= 15 is 0 Å². The molecule has 0 aliphatic carbocycles. The highest BCUT2D eigenvalue weighted by molar-refractivity contribution is 5.95. The molecule has 1 heterocycles. The third-order valence-corrected chi connectivity index (χ3v) is 1.73. The fourth-order valence-corrected chi connectivity index (χ4v) is 1.09. The van der Waals surface area contributed by atoms with Gasteiger partial charge in [-0.2, -0.15) is 5.26 Å². The highest BCUT2D eigenvalue weighted by atomic mass is 16.5. The number of methoxy groups -OCH3 is 1. The summed E-state index contributed by atoms with van der Waals surface area (Å²) in [5.41, 5.74) is 0.268. The molecule has 0 aromatic carbocycles. The minimum atomic E-state index is -0.576. The van der Waals surface area contributed by atoms with Gasteiger partial charge in [0.2, 0.25) is 0 Å². The molecule has 0 spiro atoms. The number of hydrogen-bond acceptors (Lipinski definition) is 5. The second-order valence-electron chi connectivity index (χ2n) is 2.60. The zero-order valence-electron chi connectivity index (χ0n) is 8.48. The molecule has 0 saturated carbocycles. The summed E-state index contributed by atoms with van der Waals surface area (Å²) in [6, 6.07) is 1.87. The summed E-state index contributed by atoms with van der Waals surface area (Å²) in [4.78, 5) is 15.3. The van der Waals surface area contributed by atoms with Crippen LogP contribution in [0.15, 0.2) is 12.4 Å². The number of esters is 1. The third-order valence-electron chi connectivity index (χ3n) is 1.73. The standard InChI is InChI=1S/C10H10N2O3/c1-3-15-10(13)9-7(4-11)5-12-6-8(9)14-2/h5-6H,3H2,1-2H3. The van der Waals surface area contributed by atoms with Crippen molar-refractivity contribution in [2.24, 2.45) is 0 Å². The van der Waals surface area contributed by atoms with Gasteiger partial charge in [0.25, 0.3) is 0 Å². The van der Waals surface area contributed by atoms with Gasteiger partial charge in [0, 0.05) is 6.20 Å². The first kappa shape index (κ1) is 11.0. The summed E-state index contributed by atoms with van der Waals surface area (Å²) in [7, 11) is 1.40. The summed E-state index contributed by atoms with van der Waals surface area (Å²) in [5, 5.41) is 8.80. The Hall–Kier alpha value is -2.09. The number of ether oxygens (including phenoxy) is 2. The van der Waals surface area contributed by atoms with Crippen LogP contribution in [0, 0.1) is 11.3 Å². The monoisotopic (exact) mass is 206 g/mol. The van der Waals surface area contributed by atoms with Gasteiger partial charge in [-0.15, -0.1) is 0 Å². The largest absolute Gasteiger partial charge is 0.494 e. The van der Waals surface area contributed by atoms with Crippen LogP contribution >= 0.6 is 0 Å². The van der Waals surface area contributed by atoms with Crippen molar-refractivity contribution in [1.29, 1.82) is 5.26 Å². The van der Waals surface area contributed by atoms with Crippen molar-refractivity contribution in [3.8, 4) is 11.8 Å². The zero-order valence-corrected chi connectivity index (χ0v) is 8.48. The molecule has 0 aliphatic heterocycles. The van der Waals surface area contributed by atoms with E-state index in [2.05, 4.69) is 4.98 Å². The Morgan fingerprint density at radius 1 is 1.60 bits per heavy atom. The van der Waals surface area contributed by atoms with E-state index in [0.29, 0.717) is 0 Å². The van der Waals surface area contributed by atoms with Crippen LogP contribution in [-0.2, 0) is 4.74 Å². The molecule has 5 nitrogen and oxygen atoms in total. The lowest BCUT2D eigenvalue weighted by atomic mass is 10.1. The molecule has 0 amide bonds. The van der Waals surface area contributed by atoms with Gasteiger partial charge >= 0.3 is 5.97 Å². The molecule has 1 aromatic heterocycles. The molecule has 0 aliphatic rings. The minimum Gasteiger partial charge on any atom is -0.494 e. The van der Waals surface area contributed by atoms with E-state index in [0.717, 1.165) is 0 Å². The van der Waals surface area contributed by atoms with Gasteiger partial charge in [-0.3, -0.25) is 4.98 Å². The molecule has 0 bridgehead atoms. The Morgan fingerprint density at radius 3 is 2.87 bits per heavy atom. The number of pyridine rings is 1. The van der Waals surface area contributed by atoms with E-state index in [4.69, 9.17) is 14.7 Å². The van der Waals surface area contributed by atoms with Crippen LogP contribution in [0.3, 0.4) is 0 Å². The second kappa shape index (κ2) is 4.96. The van der Waals surface area contributed by atoms with Gasteiger partial charge in [0.05, 0.1) is 25.5 Å². The van der Waals surface area contributed by atoms with E-state index in [1.165, 1.54) is 19.5 Å². The lowest BCUT2D eigenvalue weighted by Gasteiger charge is -2.07. The van der Waals surface area contributed by atoms with Crippen LogP contribution < -0.4 is 4.74 Å². The predicted molar refractivity (Wildman–Crippen MR) is 51.5 cm³/mol. The molecule has 0 atom stereocenters. The summed E-state index contributed by atoms with van der Waals surface area (Å²) >= 11 is 0. The van der Waals surface area contributed by atoms with Crippen molar-refractivity contribution in [3.63, 3.8) is 0 Å². The Kier molecular flexibility index (Phi) is 3.63. The van der Waals surface area contributed by atoms with Crippen molar-refractivity contribution in [3.05, 3.63) is 23.5 Å². The minimum absolute atomic E-state index is 0.122. The van der Waals surface area contributed by atoms with E-state index in [-0.39, 0.29) is 23.5 Å². The van der Waals surface area contributed by atoms with Crippen molar-refractivity contribution >= 4 is 5.97 Å². The smallest absolute Gasteiger partial charge is 0.343 e. The van der Waals surface area contributed by atoms with Crippen LogP contribution in [0.1, 0.15) is 22.8 Å². The molecule has 1 rings (SSSR count). The molecule has 78 valence electrons. The van der Waals surface area contributed by atoms with Crippen molar-refractivity contribution in [2.45, 2.75) is 6.92 Å². The zero-order chi connectivity index (χ0) is 11.3. The maximum Gasteiger partial charge on any atom is 0.343 e. The van der Waals surface area contributed by atoms with Gasteiger partial charge in [-0.05, 0) is 6.92 Å². The fourth-order valence-electron chi connectivity index (χ4n) is 1.09. The molecular formula is C10H10N2O3. The van der Waals surface area contributed by atoms with Gasteiger partial charge in [0.15, 0.2) is 5.75 Å². The average molecular weight is 206 g/mol. The number of carbonyl (C=O) groups excluding carboxylic acids is 1. The molecule has 0 radical (unpaired) electrons. The molecule has 0 unspecified atom stereocenters. The van der Waals surface area contributed by atoms with Crippen LogP contribution in [0.5, 0.6) is 5.75 Å². The van der Waals surface area contributed by atoms with Crippen molar-refractivity contribution in [1.82, 2.24) is 4.98 Å². The van der Waals surface area contributed by atoms with E-state index in [9.17, 15) is 4.79 Å². The van der Waals surface area contributed by atoms with Crippen LogP contribution in [-0.4, -0.2) is 24.7 Å². The van der Waals surface area contributed by atoms with E-state index in [1.807, 2.05) is 6.07 Å². The Bertz CT molecular complexity index is 410. The first-order valence-electron chi connectivity index (χ1n) is 4.33. The lowest BCUT2D eigenvalue weighted by Crippen LogP contribution is -2.09. The van der Waals surface area contributed by atoms with Gasteiger partial charge < -0.3 is 9.47 Å². The first-order valence-corrected chi connectivity index (χ1v) is 4.33. The van der Waals surface area contributed by atoms with Crippen molar-refractivity contribution < 1.29 is 14.3 Å². The van der Waals surface area contributed by atoms with Crippen LogP contribution in [0.4, 0.5) is 0 Å². The summed E-state index contributed by atoms with van der Waals surface area (Å²) < 4.78 is 9.76. The maximum atomic E-state index is 11.5. The topological polar surface area (TPSA) is 72.2 Å². The molecule has 5 heteroatoms. The summed E-state index contributed by atoms with van der Waals surface area (Å²) in [6.45, 7) is 1.94. The molecular weight excluding hydrogens is 196 g/mol. The predicted octanol–water partition coefficient (Wildman–Crippen LogP) is 1.14. The first-order chi connectivity index (χ1) is 7.24.